The van der Waals surface area contributed by atoms with Crippen LogP contribution in [-0.4, -0.2) is 0 Å². The number of hydrogen-bond donors (Lipinski definition) is 0. The van der Waals surface area contributed by atoms with Crippen molar-refractivity contribution >= 4 is 22.5 Å². The molecule has 0 amide bonds. The van der Waals surface area contributed by atoms with Gasteiger partial charge in [0.1, 0.15) is 0 Å². The van der Waals surface area contributed by atoms with Gasteiger partial charge in [0.25, 0.3) is 0 Å². The van der Waals surface area contributed by atoms with Crippen molar-refractivity contribution < 1.29 is 0 Å². The molecule has 1 heterocycles. The van der Waals surface area contributed by atoms with Crippen LogP contribution in [0.4, 0.5) is 0 Å². The van der Waals surface area contributed by atoms with Crippen molar-refractivity contribution in [3.05, 3.63) is 143 Å². The molecule has 0 spiro atoms. The van der Waals surface area contributed by atoms with Gasteiger partial charge in [0.2, 0.25) is 0 Å². The van der Waals surface area contributed by atoms with Crippen LogP contribution >= 0.6 is 11.3 Å². The van der Waals surface area contributed by atoms with Gasteiger partial charge in [0.15, 0.2) is 0 Å². The van der Waals surface area contributed by atoms with Gasteiger partial charge < -0.3 is 0 Å². The van der Waals surface area contributed by atoms with Crippen LogP contribution in [0.5, 0.6) is 0 Å². The van der Waals surface area contributed by atoms with Crippen LogP contribution in [0.25, 0.3) is 43.2 Å². The topological polar surface area (TPSA) is 0 Å². The highest BCUT2D eigenvalue weighted by Crippen LogP contribution is 2.56. The maximum Gasteiger partial charge on any atom is 0.0349 e. The third kappa shape index (κ3) is 11.5. The second-order valence-corrected chi connectivity index (χ2v) is 18.7. The second kappa shape index (κ2) is 23.1. The van der Waals surface area contributed by atoms with Crippen LogP contribution in [-0.2, 0) is 11.8 Å². The van der Waals surface area contributed by atoms with E-state index in [0.29, 0.717) is 0 Å². The zero-order valence-electron chi connectivity index (χ0n) is 38.1. The minimum absolute atomic E-state index is 0.00857. The molecule has 0 aliphatic heterocycles. The van der Waals surface area contributed by atoms with Gasteiger partial charge in [-0.3, -0.25) is 0 Å². The van der Waals surface area contributed by atoms with E-state index in [9.17, 15) is 0 Å². The lowest BCUT2D eigenvalue weighted by atomic mass is 9.70. The molecular formula is C62H64S. The number of benzene rings is 4. The van der Waals surface area contributed by atoms with Gasteiger partial charge in [-0.2, -0.15) is 0 Å². The first kappa shape index (κ1) is 45.3. The minimum atomic E-state index is 0.00857. The number of fused-ring (bicyclic) bond motifs is 3. The van der Waals surface area contributed by atoms with Crippen molar-refractivity contribution in [1.29, 1.82) is 0 Å². The number of aryl methyl sites for hydroxylation is 1. The summed E-state index contributed by atoms with van der Waals surface area (Å²) in [4.78, 5) is 2.71. The Hall–Kier alpha value is -5.70. The minimum Gasteiger partial charge on any atom is -0.135 e. The molecular weight excluding hydrogens is 777 g/mol. The van der Waals surface area contributed by atoms with E-state index in [1.54, 1.807) is 11.1 Å². The first-order chi connectivity index (χ1) is 31.1. The number of thiophene rings is 1. The summed E-state index contributed by atoms with van der Waals surface area (Å²) in [7, 11) is 0. The Labute approximate surface area is 384 Å². The van der Waals surface area contributed by atoms with E-state index in [1.807, 2.05) is 11.3 Å². The van der Waals surface area contributed by atoms with Crippen LogP contribution in [0.1, 0.15) is 163 Å². The SMILES string of the molecule is C#CC#CC#CC#Cc1ccc(C2=CC=C(c3ccc4c(c3)C(CCCCCC)(CCCCCC)c3cc(-c5ccc(-c6ccc(CCCCCCCC)cc6)s5)ccc3-4)C2)cc1. The molecule has 5 aromatic rings. The van der Waals surface area contributed by atoms with E-state index in [2.05, 4.69) is 171 Å². The molecule has 0 saturated heterocycles. The summed E-state index contributed by atoms with van der Waals surface area (Å²) < 4.78 is 0. The normalized spacial score (nSPS) is 13.0. The zero-order valence-corrected chi connectivity index (χ0v) is 38.9. The molecule has 0 nitrogen and oxygen atoms in total. The van der Waals surface area contributed by atoms with E-state index in [0.717, 1.165) is 12.0 Å². The monoisotopic (exact) mass is 840 g/mol. The van der Waals surface area contributed by atoms with Gasteiger partial charge in [0.05, 0.1) is 0 Å². The Kier molecular flexibility index (Phi) is 16.6. The first-order valence-corrected chi connectivity index (χ1v) is 24.8. The van der Waals surface area contributed by atoms with Crippen LogP contribution in [0.15, 0.2) is 109 Å². The lowest BCUT2D eigenvalue weighted by Gasteiger charge is -2.33. The molecule has 7 rings (SSSR count). The zero-order chi connectivity index (χ0) is 43.7. The first-order valence-electron chi connectivity index (χ1n) is 24.0. The summed E-state index contributed by atoms with van der Waals surface area (Å²) in [6, 6.07) is 37.5. The Balaban J connectivity index is 1.13. The quantitative estimate of drug-likeness (QED) is 0.0510. The molecule has 0 bridgehead atoms. The molecule has 2 aliphatic rings. The number of allylic oxidation sites excluding steroid dienone is 4. The maximum absolute atomic E-state index is 5.16. The number of terminal acetylenes is 1. The fourth-order valence-corrected chi connectivity index (χ4v) is 10.7. The molecule has 1 heteroatoms. The largest absolute Gasteiger partial charge is 0.135 e. The van der Waals surface area contributed by atoms with E-state index >= 15 is 0 Å². The molecule has 0 fully saturated rings. The summed E-state index contributed by atoms with van der Waals surface area (Å²) >= 11 is 1.94. The van der Waals surface area contributed by atoms with Crippen LogP contribution < -0.4 is 0 Å². The highest BCUT2D eigenvalue weighted by atomic mass is 32.1. The molecule has 0 saturated carbocycles. The highest BCUT2D eigenvalue weighted by molar-refractivity contribution is 7.18. The summed E-state index contributed by atoms with van der Waals surface area (Å²) in [5, 5.41) is 0. The Morgan fingerprint density at radius 2 is 1.00 bits per heavy atom. The molecule has 4 aromatic carbocycles. The van der Waals surface area contributed by atoms with Crippen molar-refractivity contribution in [2.24, 2.45) is 0 Å². The fraction of sp³-hybridized carbons (Fsp3) is 0.355. The molecule has 318 valence electrons. The van der Waals surface area contributed by atoms with Crippen LogP contribution in [0.2, 0.25) is 0 Å². The van der Waals surface area contributed by atoms with E-state index in [1.165, 1.54) is 169 Å². The van der Waals surface area contributed by atoms with E-state index in [4.69, 9.17) is 6.42 Å². The molecule has 0 unspecified atom stereocenters. The third-order valence-electron chi connectivity index (χ3n) is 13.2. The Morgan fingerprint density at radius 1 is 0.492 bits per heavy atom. The number of hydrogen-bond acceptors (Lipinski definition) is 1. The molecule has 0 radical (unpaired) electrons. The summed E-state index contributed by atoms with van der Waals surface area (Å²) in [6.45, 7) is 6.95. The Morgan fingerprint density at radius 3 is 1.65 bits per heavy atom. The molecule has 0 atom stereocenters. The van der Waals surface area contributed by atoms with E-state index in [-0.39, 0.29) is 5.41 Å². The van der Waals surface area contributed by atoms with Gasteiger partial charge in [-0.15, -0.1) is 17.8 Å². The van der Waals surface area contributed by atoms with Gasteiger partial charge in [0, 0.05) is 20.7 Å². The smallest absolute Gasteiger partial charge is 0.0349 e. The molecule has 63 heavy (non-hydrogen) atoms. The molecule has 1 aromatic heterocycles. The predicted octanol–water partition coefficient (Wildman–Crippen LogP) is 17.1. The van der Waals surface area contributed by atoms with Gasteiger partial charge in [-0.05, 0) is 165 Å². The lowest BCUT2D eigenvalue weighted by molar-refractivity contribution is 0.401. The average molecular weight is 841 g/mol. The van der Waals surface area contributed by atoms with E-state index < -0.39 is 0 Å². The molecule has 2 aliphatic carbocycles. The molecule has 0 N–H and O–H groups in total. The summed E-state index contributed by atoms with van der Waals surface area (Å²) in [5.74, 6) is 18.8. The van der Waals surface area contributed by atoms with Gasteiger partial charge >= 0.3 is 0 Å². The lowest BCUT2D eigenvalue weighted by Crippen LogP contribution is -2.25. The second-order valence-electron chi connectivity index (χ2n) is 17.6. The van der Waals surface area contributed by atoms with Gasteiger partial charge in [-0.1, -0.05) is 183 Å². The van der Waals surface area contributed by atoms with Crippen molar-refractivity contribution in [2.45, 2.75) is 142 Å². The average Bonchev–Trinajstić information content (AvgIpc) is 4.08. The number of unbranched alkanes of at least 4 members (excludes halogenated alkanes) is 11. The van der Waals surface area contributed by atoms with Crippen LogP contribution in [0.3, 0.4) is 0 Å². The maximum atomic E-state index is 5.16. The highest BCUT2D eigenvalue weighted by Gasteiger charge is 2.42. The van der Waals surface area contributed by atoms with Crippen molar-refractivity contribution in [2.75, 3.05) is 0 Å². The third-order valence-corrected chi connectivity index (χ3v) is 14.4. The summed E-state index contributed by atoms with van der Waals surface area (Å²) in [5.41, 5.74) is 16.4. The Bertz CT molecular complexity index is 2600. The van der Waals surface area contributed by atoms with Gasteiger partial charge in [-0.25, -0.2) is 0 Å². The predicted molar refractivity (Wildman–Crippen MR) is 274 cm³/mol. The van der Waals surface area contributed by atoms with Crippen molar-refractivity contribution in [3.8, 4) is 79.9 Å². The summed E-state index contributed by atoms with van der Waals surface area (Å²) in [6.07, 6.45) is 32.6. The van der Waals surface area contributed by atoms with Crippen molar-refractivity contribution in [1.82, 2.24) is 0 Å². The van der Waals surface area contributed by atoms with Crippen molar-refractivity contribution in [3.63, 3.8) is 0 Å². The fourth-order valence-electron chi connectivity index (χ4n) is 9.73. The van der Waals surface area contributed by atoms with Crippen LogP contribution in [0, 0.1) is 47.9 Å². The number of rotatable bonds is 21. The standard InChI is InChI=1S/C62H64S/c1-5-9-13-17-19-21-25-48-27-31-50(32-28-48)52-35-36-53(45-52)54-37-39-56-57-40-38-55(47-59(57)62(58(56)46-54,43-23-15-11-7-3)44-24-16-12-8-4)61-42-41-60(63-61)51-33-29-49(30-34-51)26-22-20-18-14-10-6-2/h1,27-42,46-47H,6-8,10-12,14-16,18,20,22-24,26,43-45H2,2-4H3.